The van der Waals surface area contributed by atoms with Crippen molar-refractivity contribution in [3.05, 3.63) is 35.9 Å². The second kappa shape index (κ2) is 6.06. The van der Waals surface area contributed by atoms with E-state index in [-0.39, 0.29) is 12.1 Å². The first-order valence-corrected chi connectivity index (χ1v) is 7.53. The number of nitrogens with zero attached hydrogens (tertiary/aromatic N) is 1. The molecule has 1 aliphatic rings. The van der Waals surface area contributed by atoms with Crippen molar-refractivity contribution in [3.63, 3.8) is 0 Å². The Bertz CT molecular complexity index is 382. The van der Waals surface area contributed by atoms with Crippen LogP contribution >= 0.6 is 0 Å². The van der Waals surface area contributed by atoms with Gasteiger partial charge in [-0.1, -0.05) is 50.6 Å². The second-order valence-corrected chi connectivity index (χ2v) is 6.30. The number of hydrogen-bond acceptors (Lipinski definition) is 2. The van der Waals surface area contributed by atoms with Gasteiger partial charge in [-0.25, -0.2) is 0 Å². The molecule has 2 rings (SSSR count). The Labute approximate surface area is 117 Å². The zero-order valence-electron chi connectivity index (χ0n) is 12.5. The molecule has 1 aromatic carbocycles. The van der Waals surface area contributed by atoms with Crippen LogP contribution in [0.4, 0.5) is 0 Å². The lowest BCUT2D eigenvalue weighted by Crippen LogP contribution is -2.45. The highest BCUT2D eigenvalue weighted by Crippen LogP contribution is 2.35. The summed E-state index contributed by atoms with van der Waals surface area (Å²) in [7, 11) is 0. The number of benzene rings is 1. The van der Waals surface area contributed by atoms with Crippen molar-refractivity contribution in [2.75, 3.05) is 13.1 Å². The molecular formula is C17H27NO. The number of piperidine rings is 1. The Morgan fingerprint density at radius 2 is 1.79 bits per heavy atom. The second-order valence-electron chi connectivity index (χ2n) is 6.30. The van der Waals surface area contributed by atoms with E-state index in [9.17, 15) is 5.11 Å². The van der Waals surface area contributed by atoms with Crippen LogP contribution in [0.3, 0.4) is 0 Å². The van der Waals surface area contributed by atoms with Crippen LogP contribution in [0, 0.1) is 5.41 Å². The summed E-state index contributed by atoms with van der Waals surface area (Å²) in [6.45, 7) is 9.04. The number of aliphatic hydroxyl groups excluding tert-OH is 1. The summed E-state index contributed by atoms with van der Waals surface area (Å²) in [6.07, 6.45) is 3.37. The van der Waals surface area contributed by atoms with Crippen LogP contribution in [-0.4, -0.2) is 29.1 Å². The van der Waals surface area contributed by atoms with Crippen LogP contribution in [0.2, 0.25) is 0 Å². The maximum Gasteiger partial charge on any atom is 0.0942 e. The maximum absolute atomic E-state index is 10.5. The molecule has 0 bridgehead atoms. The molecule has 2 unspecified atom stereocenters. The largest absolute Gasteiger partial charge is 0.387 e. The zero-order chi connectivity index (χ0) is 13.9. The van der Waals surface area contributed by atoms with E-state index in [0.29, 0.717) is 5.41 Å². The van der Waals surface area contributed by atoms with Crippen LogP contribution in [0.5, 0.6) is 0 Å². The van der Waals surface area contributed by atoms with E-state index in [4.69, 9.17) is 0 Å². The molecule has 0 spiro atoms. The van der Waals surface area contributed by atoms with Crippen molar-refractivity contribution in [2.24, 2.45) is 5.41 Å². The molecule has 0 amide bonds. The molecule has 2 atom stereocenters. The summed E-state index contributed by atoms with van der Waals surface area (Å²) in [5, 5.41) is 10.5. The zero-order valence-corrected chi connectivity index (χ0v) is 12.5. The lowest BCUT2D eigenvalue weighted by molar-refractivity contribution is 0.0183. The van der Waals surface area contributed by atoms with Crippen molar-refractivity contribution in [3.8, 4) is 0 Å². The molecule has 0 radical (unpaired) electrons. The first-order chi connectivity index (χ1) is 9.06. The molecule has 2 nitrogen and oxygen atoms in total. The Balaban J connectivity index is 1.96. The van der Waals surface area contributed by atoms with Crippen molar-refractivity contribution in [1.29, 1.82) is 0 Å². The minimum Gasteiger partial charge on any atom is -0.387 e. The van der Waals surface area contributed by atoms with Gasteiger partial charge in [0, 0.05) is 6.04 Å². The van der Waals surface area contributed by atoms with E-state index >= 15 is 0 Å². The molecule has 1 aliphatic heterocycles. The minimum absolute atomic E-state index is 0.198. The van der Waals surface area contributed by atoms with Crippen LogP contribution in [-0.2, 0) is 0 Å². The summed E-state index contributed by atoms with van der Waals surface area (Å²) < 4.78 is 0. The first-order valence-electron chi connectivity index (χ1n) is 7.53. The standard InChI is InChI=1S/C17H27NO/c1-4-17(3)10-12-18(13-11-17)14(2)16(19)15-8-6-5-7-9-15/h5-9,14,16,19H,4,10-13H2,1-3H3. The van der Waals surface area contributed by atoms with Gasteiger partial charge in [0.05, 0.1) is 6.10 Å². The van der Waals surface area contributed by atoms with Gasteiger partial charge >= 0.3 is 0 Å². The smallest absolute Gasteiger partial charge is 0.0942 e. The molecule has 2 heteroatoms. The molecule has 0 aliphatic carbocycles. The molecule has 106 valence electrons. The van der Waals surface area contributed by atoms with Crippen molar-refractivity contribution < 1.29 is 5.11 Å². The highest BCUT2D eigenvalue weighted by molar-refractivity contribution is 5.18. The van der Waals surface area contributed by atoms with Crippen molar-refractivity contribution in [2.45, 2.75) is 52.2 Å². The SMILES string of the molecule is CCC1(C)CCN(C(C)C(O)c2ccccc2)CC1. The summed E-state index contributed by atoms with van der Waals surface area (Å²) in [4.78, 5) is 2.44. The topological polar surface area (TPSA) is 23.5 Å². The third-order valence-electron chi connectivity index (χ3n) is 5.03. The van der Waals surface area contributed by atoms with Crippen molar-refractivity contribution >= 4 is 0 Å². The van der Waals surface area contributed by atoms with Gasteiger partial charge in [-0.3, -0.25) is 4.90 Å². The van der Waals surface area contributed by atoms with Gasteiger partial charge in [-0.05, 0) is 43.8 Å². The predicted molar refractivity (Wildman–Crippen MR) is 80.1 cm³/mol. The summed E-state index contributed by atoms with van der Waals surface area (Å²) in [6, 6.07) is 10.2. The fourth-order valence-electron chi connectivity index (χ4n) is 2.95. The lowest BCUT2D eigenvalue weighted by atomic mass is 9.78. The van der Waals surface area contributed by atoms with Crippen LogP contribution in [0.1, 0.15) is 51.7 Å². The van der Waals surface area contributed by atoms with E-state index in [0.717, 1.165) is 18.7 Å². The molecule has 0 saturated carbocycles. The van der Waals surface area contributed by atoms with Gasteiger partial charge in [0.2, 0.25) is 0 Å². The monoisotopic (exact) mass is 261 g/mol. The van der Waals surface area contributed by atoms with Crippen LogP contribution < -0.4 is 0 Å². The molecule has 0 aromatic heterocycles. The number of likely N-dealkylation sites (tertiary alicyclic amines) is 1. The van der Waals surface area contributed by atoms with Gasteiger partial charge in [-0.15, -0.1) is 0 Å². The highest BCUT2D eigenvalue weighted by atomic mass is 16.3. The quantitative estimate of drug-likeness (QED) is 0.895. The average Bonchev–Trinajstić information content (AvgIpc) is 2.47. The van der Waals surface area contributed by atoms with Gasteiger partial charge in [0.25, 0.3) is 0 Å². The number of rotatable bonds is 4. The van der Waals surface area contributed by atoms with E-state index in [1.807, 2.05) is 30.3 Å². The van der Waals surface area contributed by atoms with Gasteiger partial charge < -0.3 is 5.11 Å². The van der Waals surface area contributed by atoms with E-state index < -0.39 is 0 Å². The predicted octanol–water partition coefficient (Wildman–Crippen LogP) is 3.62. The summed E-state index contributed by atoms with van der Waals surface area (Å²) >= 11 is 0. The molecule has 1 fully saturated rings. The maximum atomic E-state index is 10.5. The fourth-order valence-corrected chi connectivity index (χ4v) is 2.95. The number of hydrogen-bond donors (Lipinski definition) is 1. The Morgan fingerprint density at radius 1 is 1.21 bits per heavy atom. The fraction of sp³-hybridized carbons (Fsp3) is 0.647. The molecule has 1 aromatic rings. The molecule has 1 N–H and O–H groups in total. The first kappa shape index (κ1) is 14.5. The van der Waals surface area contributed by atoms with Crippen LogP contribution in [0.25, 0.3) is 0 Å². The van der Waals surface area contributed by atoms with Crippen LogP contribution in [0.15, 0.2) is 30.3 Å². The average molecular weight is 261 g/mol. The Hall–Kier alpha value is -0.860. The third-order valence-corrected chi connectivity index (χ3v) is 5.03. The summed E-state index contributed by atoms with van der Waals surface area (Å²) in [5.74, 6) is 0. The van der Waals surface area contributed by atoms with E-state index in [1.54, 1.807) is 0 Å². The van der Waals surface area contributed by atoms with Gasteiger partial charge in [0.15, 0.2) is 0 Å². The van der Waals surface area contributed by atoms with Crippen molar-refractivity contribution in [1.82, 2.24) is 4.90 Å². The Kier molecular flexibility index (Phi) is 4.64. The lowest BCUT2D eigenvalue weighted by Gasteiger charge is -2.42. The van der Waals surface area contributed by atoms with E-state index in [1.165, 1.54) is 19.3 Å². The van der Waals surface area contributed by atoms with E-state index in [2.05, 4.69) is 25.7 Å². The molecular weight excluding hydrogens is 234 g/mol. The number of aliphatic hydroxyl groups is 1. The minimum atomic E-state index is -0.382. The summed E-state index contributed by atoms with van der Waals surface area (Å²) in [5.41, 5.74) is 1.53. The Morgan fingerprint density at radius 3 is 2.32 bits per heavy atom. The molecule has 1 saturated heterocycles. The van der Waals surface area contributed by atoms with Gasteiger partial charge in [0.1, 0.15) is 0 Å². The normalized spacial score (nSPS) is 22.9. The van der Waals surface area contributed by atoms with Gasteiger partial charge in [-0.2, -0.15) is 0 Å². The molecule has 1 heterocycles. The molecule has 19 heavy (non-hydrogen) atoms. The highest BCUT2D eigenvalue weighted by Gasteiger charge is 2.32. The third kappa shape index (κ3) is 3.37.